The average molecular weight is 308 g/mol. The van der Waals surface area contributed by atoms with Crippen molar-refractivity contribution in [3.05, 3.63) is 15.6 Å². The molecule has 1 aliphatic carbocycles. The fourth-order valence-electron chi connectivity index (χ4n) is 3.65. The predicted octanol–water partition coefficient (Wildman–Crippen LogP) is 2.09. The van der Waals surface area contributed by atoms with E-state index in [1.165, 1.54) is 49.5 Å². The monoisotopic (exact) mass is 308 g/mol. The molecule has 2 unspecified atom stereocenters. The summed E-state index contributed by atoms with van der Waals surface area (Å²) in [4.78, 5) is 11.6. The molecule has 1 N–H and O–H groups in total. The van der Waals surface area contributed by atoms with Gasteiger partial charge in [-0.15, -0.1) is 11.3 Å². The zero-order valence-corrected chi connectivity index (χ0v) is 14.4. The van der Waals surface area contributed by atoms with Crippen LogP contribution in [0.2, 0.25) is 0 Å². The summed E-state index contributed by atoms with van der Waals surface area (Å²) in [7, 11) is 6.55. The highest BCUT2D eigenvalue weighted by molar-refractivity contribution is 7.11. The summed E-state index contributed by atoms with van der Waals surface area (Å²) >= 11 is 1.98. The van der Waals surface area contributed by atoms with E-state index in [0.717, 1.165) is 13.1 Å². The molecular formula is C16H28N4S. The Bertz CT molecular complexity index is 473. The molecule has 0 radical (unpaired) electrons. The largest absolute Gasteiger partial charge is 0.319 e. The Morgan fingerprint density at radius 1 is 1.29 bits per heavy atom. The topological polar surface area (TPSA) is 31.4 Å². The van der Waals surface area contributed by atoms with E-state index in [1.807, 2.05) is 11.3 Å². The van der Waals surface area contributed by atoms with E-state index < -0.39 is 0 Å². The van der Waals surface area contributed by atoms with Gasteiger partial charge in [0.2, 0.25) is 0 Å². The first kappa shape index (κ1) is 15.4. The summed E-state index contributed by atoms with van der Waals surface area (Å²) in [6, 6.07) is 0.475. The summed E-state index contributed by atoms with van der Waals surface area (Å²) in [5.41, 5.74) is 1.40. The minimum absolute atomic E-state index is 0.475. The van der Waals surface area contributed by atoms with E-state index in [9.17, 15) is 0 Å². The maximum absolute atomic E-state index is 5.11. The van der Waals surface area contributed by atoms with Gasteiger partial charge in [-0.3, -0.25) is 4.90 Å². The number of nitrogens with zero attached hydrogens (tertiary/aromatic N) is 3. The van der Waals surface area contributed by atoms with Gasteiger partial charge in [-0.1, -0.05) is 0 Å². The maximum Gasteiger partial charge on any atom is 0.112 e. The summed E-state index contributed by atoms with van der Waals surface area (Å²) in [6.45, 7) is 4.56. The molecule has 1 aromatic rings. The lowest BCUT2D eigenvalue weighted by Crippen LogP contribution is -2.30. The number of hydrogen-bond acceptors (Lipinski definition) is 5. The van der Waals surface area contributed by atoms with Crippen LogP contribution in [0.4, 0.5) is 0 Å². The number of likely N-dealkylation sites (N-methyl/N-ethyl adjacent to an activating group) is 3. The third-order valence-corrected chi connectivity index (χ3v) is 6.12. The van der Waals surface area contributed by atoms with Crippen molar-refractivity contribution in [1.82, 2.24) is 20.1 Å². The van der Waals surface area contributed by atoms with Gasteiger partial charge in [-0.25, -0.2) is 4.98 Å². The Labute approximate surface area is 132 Å². The van der Waals surface area contributed by atoms with Gasteiger partial charge >= 0.3 is 0 Å². The third kappa shape index (κ3) is 3.31. The number of aromatic nitrogens is 1. The lowest BCUT2D eigenvalue weighted by atomic mass is 9.91. The second kappa shape index (κ2) is 6.73. The summed E-state index contributed by atoms with van der Waals surface area (Å²) in [5, 5.41) is 4.69. The third-order valence-electron chi connectivity index (χ3n) is 4.89. The van der Waals surface area contributed by atoms with Crippen molar-refractivity contribution in [3.63, 3.8) is 0 Å². The van der Waals surface area contributed by atoms with Crippen molar-refractivity contribution in [1.29, 1.82) is 0 Å². The van der Waals surface area contributed by atoms with Gasteiger partial charge in [0.25, 0.3) is 0 Å². The van der Waals surface area contributed by atoms with Crippen LogP contribution < -0.4 is 5.32 Å². The molecule has 4 nitrogen and oxygen atoms in total. The minimum atomic E-state index is 0.475. The standard InChI is InChI=1S/C16H28N4S/c1-17-10-12-6-4-7-14-15(12)18-16(21-14)13-11-19(2)8-5-9-20(13)3/h12-13,17H,4-11H2,1-3H3. The van der Waals surface area contributed by atoms with Crippen molar-refractivity contribution in [2.45, 2.75) is 37.6 Å². The highest BCUT2D eigenvalue weighted by Gasteiger charge is 2.29. The SMILES string of the molecule is CNCC1CCCc2sc(C3CN(C)CCCN3C)nc21. The van der Waals surface area contributed by atoms with Crippen LogP contribution in [0.25, 0.3) is 0 Å². The number of nitrogens with one attached hydrogen (secondary N) is 1. The maximum atomic E-state index is 5.11. The molecule has 0 aromatic carbocycles. The number of aryl methyl sites for hydroxylation is 1. The molecule has 2 aliphatic rings. The second-order valence-corrected chi connectivity index (χ2v) is 7.73. The number of hydrogen-bond donors (Lipinski definition) is 1. The second-order valence-electron chi connectivity index (χ2n) is 6.62. The molecule has 0 spiro atoms. The fourth-order valence-corrected chi connectivity index (χ4v) is 5.00. The van der Waals surface area contributed by atoms with Crippen LogP contribution in [0.5, 0.6) is 0 Å². The first-order valence-electron chi connectivity index (χ1n) is 8.22. The van der Waals surface area contributed by atoms with Crippen molar-refractivity contribution < 1.29 is 0 Å². The van der Waals surface area contributed by atoms with Crippen LogP contribution in [-0.4, -0.2) is 62.1 Å². The van der Waals surface area contributed by atoms with Gasteiger partial charge in [0.15, 0.2) is 0 Å². The van der Waals surface area contributed by atoms with Gasteiger partial charge in [0.05, 0.1) is 11.7 Å². The number of rotatable bonds is 3. The lowest BCUT2D eigenvalue weighted by Gasteiger charge is -2.25. The van der Waals surface area contributed by atoms with Crippen LogP contribution >= 0.6 is 11.3 Å². The van der Waals surface area contributed by atoms with E-state index in [0.29, 0.717) is 12.0 Å². The Balaban J connectivity index is 1.85. The molecule has 0 saturated carbocycles. The van der Waals surface area contributed by atoms with Gasteiger partial charge in [-0.2, -0.15) is 0 Å². The molecule has 1 aromatic heterocycles. The molecule has 21 heavy (non-hydrogen) atoms. The van der Waals surface area contributed by atoms with Crippen LogP contribution in [-0.2, 0) is 6.42 Å². The average Bonchev–Trinajstić information content (AvgIpc) is 2.82. The van der Waals surface area contributed by atoms with Gasteiger partial charge in [0, 0.05) is 23.9 Å². The molecule has 1 fully saturated rings. The minimum Gasteiger partial charge on any atom is -0.319 e. The van der Waals surface area contributed by atoms with Gasteiger partial charge in [-0.05, 0) is 59.9 Å². The Morgan fingerprint density at radius 3 is 2.95 bits per heavy atom. The number of thiazole rings is 1. The molecule has 1 aliphatic heterocycles. The van der Waals surface area contributed by atoms with E-state index in [-0.39, 0.29) is 0 Å². The van der Waals surface area contributed by atoms with Gasteiger partial charge < -0.3 is 10.2 Å². The summed E-state index contributed by atoms with van der Waals surface area (Å²) < 4.78 is 0. The van der Waals surface area contributed by atoms with Crippen molar-refractivity contribution in [2.24, 2.45) is 0 Å². The van der Waals surface area contributed by atoms with Gasteiger partial charge in [0.1, 0.15) is 5.01 Å². The number of fused-ring (bicyclic) bond motifs is 1. The summed E-state index contributed by atoms with van der Waals surface area (Å²) in [5.74, 6) is 0.623. The smallest absolute Gasteiger partial charge is 0.112 e. The normalized spacial score (nSPS) is 28.3. The van der Waals surface area contributed by atoms with E-state index >= 15 is 0 Å². The Morgan fingerprint density at radius 2 is 2.14 bits per heavy atom. The molecule has 0 amide bonds. The zero-order valence-electron chi connectivity index (χ0n) is 13.6. The zero-order chi connectivity index (χ0) is 14.8. The predicted molar refractivity (Wildman–Crippen MR) is 89.2 cm³/mol. The molecule has 0 bridgehead atoms. The van der Waals surface area contributed by atoms with Crippen LogP contribution in [0.1, 0.15) is 46.8 Å². The van der Waals surface area contributed by atoms with E-state index in [4.69, 9.17) is 4.98 Å². The Kier molecular flexibility index (Phi) is 4.94. The van der Waals surface area contributed by atoms with Crippen molar-refractivity contribution >= 4 is 11.3 Å². The molecular weight excluding hydrogens is 280 g/mol. The summed E-state index contributed by atoms with van der Waals surface area (Å²) in [6.07, 6.45) is 5.11. The molecule has 3 rings (SSSR count). The first-order valence-corrected chi connectivity index (χ1v) is 9.03. The molecule has 2 atom stereocenters. The van der Waals surface area contributed by atoms with Crippen LogP contribution in [0.3, 0.4) is 0 Å². The molecule has 1 saturated heterocycles. The van der Waals surface area contributed by atoms with Crippen LogP contribution in [0, 0.1) is 0 Å². The highest BCUT2D eigenvalue weighted by atomic mass is 32.1. The molecule has 118 valence electrons. The van der Waals surface area contributed by atoms with E-state index in [2.05, 4.69) is 36.3 Å². The molecule has 2 heterocycles. The quantitative estimate of drug-likeness (QED) is 0.926. The van der Waals surface area contributed by atoms with E-state index in [1.54, 1.807) is 4.88 Å². The molecule has 5 heteroatoms. The Hall–Kier alpha value is -0.490. The fraction of sp³-hybridized carbons (Fsp3) is 0.812. The first-order chi connectivity index (χ1) is 10.2. The van der Waals surface area contributed by atoms with Crippen molar-refractivity contribution in [2.75, 3.05) is 47.3 Å². The van der Waals surface area contributed by atoms with Crippen LogP contribution in [0.15, 0.2) is 0 Å². The van der Waals surface area contributed by atoms with Crippen molar-refractivity contribution in [3.8, 4) is 0 Å². The highest BCUT2D eigenvalue weighted by Crippen LogP contribution is 2.37. The lowest BCUT2D eigenvalue weighted by molar-refractivity contribution is 0.228.